The first-order valence-corrected chi connectivity index (χ1v) is 10.2. The Morgan fingerprint density at radius 1 is 1.11 bits per heavy atom. The van der Waals surface area contributed by atoms with Crippen LogP contribution in [-0.2, 0) is 16.6 Å². The molecule has 0 aliphatic carbocycles. The van der Waals surface area contributed by atoms with Crippen molar-refractivity contribution in [3.63, 3.8) is 0 Å². The minimum atomic E-state index is -4.25. The fraction of sp³-hybridized carbons (Fsp3) is 0.316. The molecule has 7 nitrogen and oxygen atoms in total. The second kappa shape index (κ2) is 9.52. The minimum Gasteiger partial charge on any atom is -0.490 e. The molecule has 2 N–H and O–H groups in total. The van der Waals surface area contributed by atoms with Gasteiger partial charge < -0.3 is 14.6 Å². The van der Waals surface area contributed by atoms with Gasteiger partial charge in [-0.1, -0.05) is 13.0 Å². The number of carboxylic acids is 1. The summed E-state index contributed by atoms with van der Waals surface area (Å²) in [7, 11) is -4.25. The van der Waals surface area contributed by atoms with Crippen LogP contribution in [0.4, 0.5) is 4.39 Å². The van der Waals surface area contributed by atoms with Crippen molar-refractivity contribution < 1.29 is 32.2 Å². The van der Waals surface area contributed by atoms with Gasteiger partial charge in [-0.05, 0) is 49.2 Å². The van der Waals surface area contributed by atoms with Crippen molar-refractivity contribution in [1.82, 2.24) is 4.72 Å². The molecule has 28 heavy (non-hydrogen) atoms. The van der Waals surface area contributed by atoms with Gasteiger partial charge in [-0.25, -0.2) is 22.3 Å². The van der Waals surface area contributed by atoms with Crippen LogP contribution in [0.25, 0.3) is 0 Å². The lowest BCUT2D eigenvalue weighted by atomic mass is 10.2. The van der Waals surface area contributed by atoms with E-state index >= 15 is 0 Å². The molecule has 0 spiro atoms. The highest BCUT2D eigenvalue weighted by Crippen LogP contribution is 2.29. The molecule has 0 aromatic heterocycles. The molecule has 2 aromatic carbocycles. The Balaban J connectivity index is 2.21. The van der Waals surface area contributed by atoms with Crippen LogP contribution in [-0.4, -0.2) is 32.7 Å². The van der Waals surface area contributed by atoms with Crippen molar-refractivity contribution >= 4 is 16.0 Å². The number of carbonyl (C=O) groups is 1. The molecular formula is C19H22FNO6S. The molecule has 0 amide bonds. The molecule has 2 aromatic rings. The molecule has 9 heteroatoms. The van der Waals surface area contributed by atoms with Gasteiger partial charge in [0.25, 0.3) is 0 Å². The highest BCUT2D eigenvalue weighted by Gasteiger charge is 2.21. The summed E-state index contributed by atoms with van der Waals surface area (Å²) in [6.07, 6.45) is 0.827. The maximum atomic E-state index is 13.9. The van der Waals surface area contributed by atoms with E-state index in [-0.39, 0.29) is 12.1 Å². The van der Waals surface area contributed by atoms with Crippen molar-refractivity contribution in [2.45, 2.75) is 31.7 Å². The third-order valence-corrected chi connectivity index (χ3v) is 5.12. The molecule has 0 fully saturated rings. The lowest BCUT2D eigenvalue weighted by molar-refractivity contribution is 0.0696. The van der Waals surface area contributed by atoms with Crippen LogP contribution in [0, 0.1) is 5.82 Å². The number of sulfonamides is 1. The minimum absolute atomic E-state index is 0.132. The predicted molar refractivity (Wildman–Crippen MR) is 101 cm³/mol. The van der Waals surface area contributed by atoms with E-state index in [1.165, 1.54) is 0 Å². The molecule has 152 valence electrons. The molecule has 0 radical (unpaired) electrons. The summed E-state index contributed by atoms with van der Waals surface area (Å²) < 4.78 is 52.2. The molecule has 0 unspecified atom stereocenters. The zero-order chi connectivity index (χ0) is 20.7. The number of rotatable bonds is 10. The fourth-order valence-corrected chi connectivity index (χ4v) is 3.48. The summed E-state index contributed by atoms with van der Waals surface area (Å²) in [5.41, 5.74) is 0.253. The van der Waals surface area contributed by atoms with Crippen LogP contribution in [0.2, 0.25) is 0 Å². The predicted octanol–water partition coefficient (Wildman–Crippen LogP) is 3.19. The Kier molecular flexibility index (Phi) is 7.36. The SMILES string of the molecule is CCCOc1ccc(CNS(=O)(=O)c2cc(C(=O)O)ccc2F)cc1OCC. The average molecular weight is 411 g/mol. The van der Waals surface area contributed by atoms with Gasteiger partial charge in [0.15, 0.2) is 11.5 Å². The van der Waals surface area contributed by atoms with Crippen LogP contribution in [0.1, 0.15) is 36.2 Å². The van der Waals surface area contributed by atoms with E-state index in [0.717, 1.165) is 24.6 Å². The van der Waals surface area contributed by atoms with Crippen LogP contribution in [0.3, 0.4) is 0 Å². The van der Waals surface area contributed by atoms with E-state index in [1.807, 2.05) is 13.8 Å². The van der Waals surface area contributed by atoms with Gasteiger partial charge in [-0.15, -0.1) is 0 Å². The first-order valence-electron chi connectivity index (χ1n) is 8.69. The van der Waals surface area contributed by atoms with E-state index in [1.54, 1.807) is 18.2 Å². The van der Waals surface area contributed by atoms with Gasteiger partial charge in [0, 0.05) is 6.54 Å². The monoisotopic (exact) mass is 411 g/mol. The van der Waals surface area contributed by atoms with Gasteiger partial charge in [-0.2, -0.15) is 0 Å². The molecule has 0 saturated carbocycles. The highest BCUT2D eigenvalue weighted by atomic mass is 32.2. The molecule has 0 bridgehead atoms. The number of hydrogen-bond donors (Lipinski definition) is 2. The summed E-state index contributed by atoms with van der Waals surface area (Å²) in [4.78, 5) is 10.3. The second-order valence-corrected chi connectivity index (χ2v) is 7.57. The smallest absolute Gasteiger partial charge is 0.335 e. The fourth-order valence-electron chi connectivity index (χ4n) is 2.36. The molecule has 2 rings (SSSR count). The third kappa shape index (κ3) is 5.43. The lowest BCUT2D eigenvalue weighted by Gasteiger charge is -2.14. The summed E-state index contributed by atoms with van der Waals surface area (Å²) in [5, 5.41) is 8.98. The maximum Gasteiger partial charge on any atom is 0.335 e. The number of hydrogen-bond acceptors (Lipinski definition) is 5. The van der Waals surface area contributed by atoms with Crippen molar-refractivity contribution in [3.8, 4) is 11.5 Å². The van der Waals surface area contributed by atoms with Gasteiger partial charge in [-0.3, -0.25) is 0 Å². The van der Waals surface area contributed by atoms with E-state index in [9.17, 15) is 17.6 Å². The lowest BCUT2D eigenvalue weighted by Crippen LogP contribution is -2.24. The maximum absolute atomic E-state index is 13.9. The summed E-state index contributed by atoms with van der Waals surface area (Å²) in [5.74, 6) is -1.35. The zero-order valence-corrected chi connectivity index (χ0v) is 16.4. The first-order chi connectivity index (χ1) is 13.3. The Labute approximate surface area is 163 Å². The van der Waals surface area contributed by atoms with Crippen molar-refractivity contribution in [2.24, 2.45) is 0 Å². The normalized spacial score (nSPS) is 11.2. The van der Waals surface area contributed by atoms with Crippen LogP contribution >= 0.6 is 0 Å². The Morgan fingerprint density at radius 3 is 2.50 bits per heavy atom. The molecule has 0 aliphatic rings. The van der Waals surface area contributed by atoms with Gasteiger partial charge >= 0.3 is 5.97 Å². The van der Waals surface area contributed by atoms with E-state index in [0.29, 0.717) is 30.3 Å². The average Bonchev–Trinajstić information content (AvgIpc) is 2.66. The van der Waals surface area contributed by atoms with Crippen molar-refractivity contribution in [2.75, 3.05) is 13.2 Å². The van der Waals surface area contributed by atoms with Gasteiger partial charge in [0.1, 0.15) is 10.7 Å². The second-order valence-electron chi connectivity index (χ2n) is 5.84. The van der Waals surface area contributed by atoms with E-state index in [4.69, 9.17) is 14.6 Å². The number of benzene rings is 2. The highest BCUT2D eigenvalue weighted by molar-refractivity contribution is 7.89. The number of aromatic carboxylic acids is 1. The number of carboxylic acid groups (broad SMARTS) is 1. The van der Waals surface area contributed by atoms with Gasteiger partial charge in [0.2, 0.25) is 10.0 Å². The van der Waals surface area contributed by atoms with Crippen LogP contribution in [0.15, 0.2) is 41.3 Å². The zero-order valence-electron chi connectivity index (χ0n) is 15.6. The standard InChI is InChI=1S/C19H22FNO6S/c1-3-9-27-16-8-5-13(10-17(16)26-4-2)12-21-28(24,25)18-11-14(19(22)23)6-7-15(18)20/h5-8,10-11,21H,3-4,9,12H2,1-2H3,(H,22,23). The Morgan fingerprint density at radius 2 is 1.86 bits per heavy atom. The molecule has 0 saturated heterocycles. The molecular weight excluding hydrogens is 389 g/mol. The van der Waals surface area contributed by atoms with Gasteiger partial charge in [0.05, 0.1) is 18.8 Å². The number of nitrogens with one attached hydrogen (secondary N) is 1. The van der Waals surface area contributed by atoms with Crippen LogP contribution in [0.5, 0.6) is 11.5 Å². The number of ether oxygens (including phenoxy) is 2. The molecule has 0 heterocycles. The van der Waals surface area contributed by atoms with Crippen LogP contribution < -0.4 is 14.2 Å². The third-order valence-electron chi connectivity index (χ3n) is 3.70. The Bertz CT molecular complexity index is 945. The first kappa shape index (κ1) is 21.6. The Hall–Kier alpha value is -2.65. The molecule has 0 atom stereocenters. The number of halogens is 1. The molecule has 0 aliphatic heterocycles. The summed E-state index contributed by atoms with van der Waals surface area (Å²) >= 11 is 0. The van der Waals surface area contributed by atoms with Crippen molar-refractivity contribution in [1.29, 1.82) is 0 Å². The van der Waals surface area contributed by atoms with E-state index in [2.05, 4.69) is 4.72 Å². The van der Waals surface area contributed by atoms with E-state index < -0.39 is 26.7 Å². The quantitative estimate of drug-likeness (QED) is 0.623. The summed E-state index contributed by atoms with van der Waals surface area (Å²) in [6, 6.07) is 7.58. The van der Waals surface area contributed by atoms with Crippen molar-refractivity contribution in [3.05, 3.63) is 53.3 Å². The largest absolute Gasteiger partial charge is 0.490 e. The summed E-state index contributed by atoms with van der Waals surface area (Å²) in [6.45, 7) is 4.59. The topological polar surface area (TPSA) is 102 Å².